The Bertz CT molecular complexity index is 530. The maximum Gasteiger partial charge on any atom is 0.165 e. The van der Waals surface area contributed by atoms with Crippen LogP contribution in [-0.4, -0.2) is 12.4 Å². The lowest BCUT2D eigenvalue weighted by Gasteiger charge is -2.15. The number of benzene rings is 1. The van der Waals surface area contributed by atoms with Crippen LogP contribution in [0.1, 0.15) is 38.4 Å². The molecular formula is C15H18O2S. The van der Waals surface area contributed by atoms with Crippen molar-refractivity contribution in [2.75, 3.05) is 6.61 Å². The predicted octanol–water partition coefficient (Wildman–Crippen LogP) is 4.35. The van der Waals surface area contributed by atoms with Gasteiger partial charge >= 0.3 is 0 Å². The number of carbonyl (C=O) groups excluding carboxylic acids is 1. The van der Waals surface area contributed by atoms with E-state index in [0.717, 1.165) is 17.4 Å². The van der Waals surface area contributed by atoms with Crippen LogP contribution in [0.15, 0.2) is 29.6 Å². The van der Waals surface area contributed by atoms with E-state index in [1.54, 1.807) is 11.3 Å². The van der Waals surface area contributed by atoms with Gasteiger partial charge in [0.2, 0.25) is 0 Å². The van der Waals surface area contributed by atoms with Crippen LogP contribution in [0.3, 0.4) is 0 Å². The Morgan fingerprint density at radius 1 is 1.33 bits per heavy atom. The summed E-state index contributed by atoms with van der Waals surface area (Å²) in [4.78, 5) is 12.0. The van der Waals surface area contributed by atoms with Crippen LogP contribution in [0.25, 0.3) is 10.1 Å². The number of hydrogen-bond acceptors (Lipinski definition) is 3. The molecule has 1 heterocycles. The Kier molecular flexibility index (Phi) is 4.50. The maximum absolute atomic E-state index is 12.0. The minimum absolute atomic E-state index is 0.159. The summed E-state index contributed by atoms with van der Waals surface area (Å²) in [5.41, 5.74) is 1.02. The van der Waals surface area contributed by atoms with Crippen molar-refractivity contribution in [3.63, 3.8) is 0 Å². The molecule has 2 rings (SSSR count). The van der Waals surface area contributed by atoms with Gasteiger partial charge in [0, 0.05) is 23.3 Å². The lowest BCUT2D eigenvalue weighted by molar-refractivity contribution is -0.130. The molecule has 0 N–H and O–H groups in total. The van der Waals surface area contributed by atoms with Crippen LogP contribution in [-0.2, 0) is 9.53 Å². The topological polar surface area (TPSA) is 26.3 Å². The molecule has 0 aliphatic rings. The molecule has 0 fully saturated rings. The molecule has 2 aromatic rings. The second-order valence-electron chi connectivity index (χ2n) is 4.26. The average Bonchev–Trinajstić information content (AvgIpc) is 2.83. The fraction of sp³-hybridized carbons (Fsp3) is 0.400. The molecule has 2 nitrogen and oxygen atoms in total. The molecule has 3 heteroatoms. The van der Waals surface area contributed by atoms with Crippen molar-refractivity contribution in [3.05, 3.63) is 35.2 Å². The van der Waals surface area contributed by atoms with Crippen molar-refractivity contribution in [3.8, 4) is 0 Å². The summed E-state index contributed by atoms with van der Waals surface area (Å²) in [6, 6.07) is 8.17. The number of rotatable bonds is 6. The number of ketones is 1. The van der Waals surface area contributed by atoms with E-state index in [1.807, 2.05) is 19.1 Å². The first-order chi connectivity index (χ1) is 8.77. The summed E-state index contributed by atoms with van der Waals surface area (Å²) in [6.07, 6.45) is 1.04. The van der Waals surface area contributed by atoms with Crippen molar-refractivity contribution in [1.82, 2.24) is 0 Å². The van der Waals surface area contributed by atoms with E-state index in [1.165, 1.54) is 4.70 Å². The van der Waals surface area contributed by atoms with Gasteiger partial charge in [0.05, 0.1) is 0 Å². The number of ether oxygens (including phenoxy) is 1. The first-order valence-corrected chi connectivity index (χ1v) is 7.26. The van der Waals surface area contributed by atoms with Gasteiger partial charge in [0.15, 0.2) is 5.78 Å². The number of hydrogen-bond donors (Lipinski definition) is 0. The largest absolute Gasteiger partial charge is 0.366 e. The fourth-order valence-electron chi connectivity index (χ4n) is 1.98. The van der Waals surface area contributed by atoms with Gasteiger partial charge in [-0.3, -0.25) is 4.79 Å². The van der Waals surface area contributed by atoms with Crippen LogP contribution in [0.2, 0.25) is 0 Å². The Hall–Kier alpha value is -1.19. The highest BCUT2D eigenvalue weighted by atomic mass is 32.1. The third-order valence-electron chi connectivity index (χ3n) is 2.92. The molecule has 0 saturated heterocycles. The molecule has 1 atom stereocenters. The van der Waals surface area contributed by atoms with E-state index in [0.29, 0.717) is 13.0 Å². The summed E-state index contributed by atoms with van der Waals surface area (Å²) in [5.74, 6) is 0.159. The lowest BCUT2D eigenvalue weighted by Crippen LogP contribution is -2.15. The van der Waals surface area contributed by atoms with Crippen molar-refractivity contribution in [1.29, 1.82) is 0 Å². The van der Waals surface area contributed by atoms with Crippen molar-refractivity contribution in [2.24, 2.45) is 0 Å². The molecule has 0 spiro atoms. The Balaban J connectivity index is 2.37. The highest BCUT2D eigenvalue weighted by molar-refractivity contribution is 7.17. The molecular weight excluding hydrogens is 244 g/mol. The summed E-state index contributed by atoms with van der Waals surface area (Å²) < 4.78 is 6.96. The van der Waals surface area contributed by atoms with Gasteiger partial charge in [-0.15, -0.1) is 11.3 Å². The first-order valence-electron chi connectivity index (χ1n) is 6.38. The van der Waals surface area contributed by atoms with Crippen LogP contribution in [0.4, 0.5) is 0 Å². The van der Waals surface area contributed by atoms with Crippen LogP contribution < -0.4 is 0 Å². The first kappa shape index (κ1) is 13.2. The highest BCUT2D eigenvalue weighted by Gasteiger charge is 2.22. The van der Waals surface area contributed by atoms with E-state index in [-0.39, 0.29) is 5.78 Å². The fourth-order valence-corrected chi connectivity index (χ4v) is 2.95. The Morgan fingerprint density at radius 3 is 2.83 bits per heavy atom. The number of Topliss-reactive ketones (excluding diaryl/α,β-unsaturated/α-hetero) is 1. The van der Waals surface area contributed by atoms with Crippen LogP contribution >= 0.6 is 11.3 Å². The summed E-state index contributed by atoms with van der Waals surface area (Å²) >= 11 is 1.67. The Morgan fingerprint density at radius 2 is 2.11 bits per heavy atom. The van der Waals surface area contributed by atoms with Gasteiger partial charge in [0.1, 0.15) is 6.10 Å². The standard InChI is InChI=1S/C15H18O2S/c1-3-9-17-15(13(16)4-2)12-10-18-14-8-6-5-7-11(12)14/h5-8,10,15H,3-4,9H2,1-2H3. The van der Waals surface area contributed by atoms with E-state index >= 15 is 0 Å². The summed E-state index contributed by atoms with van der Waals surface area (Å²) in [6.45, 7) is 4.57. The Labute approximate surface area is 112 Å². The monoisotopic (exact) mass is 262 g/mol. The molecule has 96 valence electrons. The zero-order chi connectivity index (χ0) is 13.0. The highest BCUT2D eigenvalue weighted by Crippen LogP contribution is 2.33. The van der Waals surface area contributed by atoms with E-state index in [2.05, 4.69) is 24.4 Å². The molecule has 0 aliphatic heterocycles. The average molecular weight is 262 g/mol. The predicted molar refractivity (Wildman–Crippen MR) is 76.1 cm³/mol. The normalized spacial score (nSPS) is 12.8. The van der Waals surface area contributed by atoms with E-state index in [4.69, 9.17) is 4.74 Å². The molecule has 18 heavy (non-hydrogen) atoms. The number of carbonyl (C=O) groups is 1. The van der Waals surface area contributed by atoms with Gasteiger partial charge in [-0.1, -0.05) is 32.0 Å². The summed E-state index contributed by atoms with van der Waals surface area (Å²) in [7, 11) is 0. The lowest BCUT2D eigenvalue weighted by atomic mass is 10.0. The third-order valence-corrected chi connectivity index (χ3v) is 3.90. The quantitative estimate of drug-likeness (QED) is 0.773. The van der Waals surface area contributed by atoms with Crippen molar-refractivity contribution in [2.45, 2.75) is 32.8 Å². The molecule has 0 aliphatic carbocycles. The van der Waals surface area contributed by atoms with Gasteiger partial charge in [0.25, 0.3) is 0 Å². The molecule has 0 bridgehead atoms. The summed E-state index contributed by atoms with van der Waals surface area (Å²) in [5, 5.41) is 3.20. The maximum atomic E-state index is 12.0. The van der Waals surface area contributed by atoms with Gasteiger partial charge in [-0.25, -0.2) is 0 Å². The zero-order valence-electron chi connectivity index (χ0n) is 10.8. The third kappa shape index (κ3) is 2.62. The second-order valence-corrected chi connectivity index (χ2v) is 5.17. The van der Waals surface area contributed by atoms with Crippen molar-refractivity contribution < 1.29 is 9.53 Å². The van der Waals surface area contributed by atoms with Gasteiger partial charge in [-0.2, -0.15) is 0 Å². The van der Waals surface area contributed by atoms with Crippen LogP contribution in [0, 0.1) is 0 Å². The van der Waals surface area contributed by atoms with Crippen molar-refractivity contribution >= 4 is 27.2 Å². The zero-order valence-corrected chi connectivity index (χ0v) is 11.6. The molecule has 0 radical (unpaired) electrons. The van der Waals surface area contributed by atoms with Gasteiger partial charge in [-0.05, 0) is 23.3 Å². The number of fused-ring (bicyclic) bond motifs is 1. The smallest absolute Gasteiger partial charge is 0.165 e. The molecule has 1 aromatic heterocycles. The molecule has 0 saturated carbocycles. The second kappa shape index (κ2) is 6.12. The minimum Gasteiger partial charge on any atom is -0.366 e. The van der Waals surface area contributed by atoms with Crippen LogP contribution in [0.5, 0.6) is 0 Å². The molecule has 0 amide bonds. The SMILES string of the molecule is CCCOC(C(=O)CC)c1csc2ccccc12. The van der Waals surface area contributed by atoms with E-state index in [9.17, 15) is 4.79 Å². The molecule has 1 unspecified atom stereocenters. The van der Waals surface area contributed by atoms with E-state index < -0.39 is 6.10 Å². The minimum atomic E-state index is -0.397. The number of thiophene rings is 1. The molecule has 1 aromatic carbocycles. The van der Waals surface area contributed by atoms with Gasteiger partial charge < -0.3 is 4.74 Å².